The van der Waals surface area contributed by atoms with Crippen molar-refractivity contribution in [1.29, 1.82) is 0 Å². The lowest BCUT2D eigenvalue weighted by Crippen LogP contribution is -2.36. The molecule has 0 radical (unpaired) electrons. The normalized spacial score (nSPS) is 14.1. The lowest BCUT2D eigenvalue weighted by atomic mass is 10.1. The Morgan fingerprint density at radius 1 is 1.33 bits per heavy atom. The molecule has 0 saturated carbocycles. The highest BCUT2D eigenvalue weighted by atomic mass is 16.2. The lowest BCUT2D eigenvalue weighted by molar-refractivity contribution is 0.0857. The number of rotatable bonds is 2. The van der Waals surface area contributed by atoms with Crippen LogP contribution in [0.4, 0.5) is 0 Å². The minimum Gasteiger partial charge on any atom is -0.309 e. The van der Waals surface area contributed by atoms with Gasteiger partial charge in [0.25, 0.3) is 5.91 Å². The van der Waals surface area contributed by atoms with Gasteiger partial charge in [-0.3, -0.25) is 10.2 Å². The van der Waals surface area contributed by atoms with E-state index in [1.54, 1.807) is 19.1 Å². The third-order valence-corrected chi connectivity index (χ3v) is 2.42. The molecule has 15 heavy (non-hydrogen) atoms. The number of hydrogen-bond acceptors (Lipinski definition) is 3. The van der Waals surface area contributed by atoms with Gasteiger partial charge in [0.05, 0.1) is 0 Å². The summed E-state index contributed by atoms with van der Waals surface area (Å²) in [6.45, 7) is 1.77. The molecule has 0 aromatic heterocycles. The van der Waals surface area contributed by atoms with Crippen molar-refractivity contribution in [3.8, 4) is 0 Å². The fraction of sp³-hybridized carbons (Fsp3) is 0.364. The molecule has 0 fully saturated rings. The molecule has 80 valence electrons. The molecule has 1 aliphatic heterocycles. The molecule has 0 spiro atoms. The molecule has 1 aromatic rings. The van der Waals surface area contributed by atoms with Crippen LogP contribution >= 0.6 is 0 Å². The van der Waals surface area contributed by atoms with Crippen LogP contribution in [0, 0.1) is 0 Å². The van der Waals surface area contributed by atoms with E-state index in [2.05, 4.69) is 10.7 Å². The summed E-state index contributed by atoms with van der Waals surface area (Å²) >= 11 is 0. The maximum Gasteiger partial charge on any atom is 0.265 e. The summed E-state index contributed by atoms with van der Waals surface area (Å²) in [6.07, 6.45) is 0. The number of carbonyl (C=O) groups excluding carboxylic acids is 1. The number of benzene rings is 1. The molecule has 2 rings (SSSR count). The van der Waals surface area contributed by atoms with Crippen LogP contribution in [-0.2, 0) is 13.1 Å². The van der Waals surface area contributed by atoms with Gasteiger partial charge in [-0.05, 0) is 23.3 Å². The molecule has 0 saturated heterocycles. The van der Waals surface area contributed by atoms with E-state index in [1.807, 2.05) is 18.2 Å². The minimum absolute atomic E-state index is 0.0605. The van der Waals surface area contributed by atoms with E-state index in [-0.39, 0.29) is 5.91 Å². The number of nitrogens with one attached hydrogen (secondary N) is 2. The molecule has 1 aromatic carbocycles. The van der Waals surface area contributed by atoms with Crippen molar-refractivity contribution >= 4 is 5.91 Å². The number of nitrogens with zero attached hydrogens (tertiary/aromatic N) is 1. The van der Waals surface area contributed by atoms with Crippen LogP contribution < -0.4 is 10.7 Å². The molecule has 0 unspecified atom stereocenters. The van der Waals surface area contributed by atoms with Gasteiger partial charge in [0, 0.05) is 32.7 Å². The Morgan fingerprint density at radius 3 is 2.80 bits per heavy atom. The quantitative estimate of drug-likeness (QED) is 0.691. The van der Waals surface area contributed by atoms with Crippen LogP contribution in [0.25, 0.3) is 0 Å². The molecule has 4 heteroatoms. The zero-order valence-corrected chi connectivity index (χ0v) is 9.00. The van der Waals surface area contributed by atoms with Crippen LogP contribution in [0.3, 0.4) is 0 Å². The van der Waals surface area contributed by atoms with Crippen molar-refractivity contribution < 1.29 is 4.79 Å². The maximum atomic E-state index is 11.7. The average molecular weight is 205 g/mol. The molecular weight excluding hydrogens is 190 g/mol. The number of amides is 1. The monoisotopic (exact) mass is 205 g/mol. The first-order chi connectivity index (χ1) is 7.16. The summed E-state index contributed by atoms with van der Waals surface area (Å²) in [6, 6.07) is 5.83. The summed E-state index contributed by atoms with van der Waals surface area (Å²) in [4.78, 5) is 11.7. The molecular formula is C11H15N3O. The van der Waals surface area contributed by atoms with Gasteiger partial charge in [-0.15, -0.1) is 0 Å². The zero-order valence-electron chi connectivity index (χ0n) is 9.00. The summed E-state index contributed by atoms with van der Waals surface area (Å²) < 4.78 is 0. The molecule has 2 N–H and O–H groups in total. The first-order valence-corrected chi connectivity index (χ1v) is 4.97. The van der Waals surface area contributed by atoms with Crippen LogP contribution in [0.2, 0.25) is 0 Å². The van der Waals surface area contributed by atoms with Crippen molar-refractivity contribution in [1.82, 2.24) is 15.8 Å². The molecule has 1 amide bonds. The van der Waals surface area contributed by atoms with E-state index >= 15 is 0 Å². The van der Waals surface area contributed by atoms with Gasteiger partial charge in [-0.1, -0.05) is 6.07 Å². The Balaban J connectivity index is 2.19. The van der Waals surface area contributed by atoms with Crippen molar-refractivity contribution in [2.75, 3.05) is 14.1 Å². The van der Waals surface area contributed by atoms with Crippen LogP contribution in [0.15, 0.2) is 18.2 Å². The third-order valence-electron chi connectivity index (χ3n) is 2.42. The highest BCUT2D eigenvalue weighted by Gasteiger charge is 2.13. The summed E-state index contributed by atoms with van der Waals surface area (Å²) in [7, 11) is 3.60. The van der Waals surface area contributed by atoms with Crippen LogP contribution in [0.5, 0.6) is 0 Å². The largest absolute Gasteiger partial charge is 0.309 e. The fourth-order valence-electron chi connectivity index (χ4n) is 1.70. The highest BCUT2D eigenvalue weighted by molar-refractivity contribution is 5.94. The van der Waals surface area contributed by atoms with Crippen molar-refractivity contribution in [3.63, 3.8) is 0 Å². The Hall–Kier alpha value is -1.39. The van der Waals surface area contributed by atoms with E-state index in [1.165, 1.54) is 11.1 Å². The Morgan fingerprint density at radius 2 is 2.07 bits per heavy atom. The van der Waals surface area contributed by atoms with Crippen LogP contribution in [-0.4, -0.2) is 25.0 Å². The van der Waals surface area contributed by atoms with Gasteiger partial charge >= 0.3 is 0 Å². The molecule has 0 bridgehead atoms. The van der Waals surface area contributed by atoms with Gasteiger partial charge in [-0.25, -0.2) is 5.01 Å². The second kappa shape index (κ2) is 4.00. The van der Waals surface area contributed by atoms with E-state index in [0.717, 1.165) is 13.1 Å². The van der Waals surface area contributed by atoms with Crippen molar-refractivity contribution in [3.05, 3.63) is 34.9 Å². The molecule has 0 aliphatic carbocycles. The predicted molar refractivity (Wildman–Crippen MR) is 58.1 cm³/mol. The Bertz CT molecular complexity index is 387. The Labute approximate surface area is 89.2 Å². The number of hydrazine groups is 1. The number of carbonyl (C=O) groups is 1. The van der Waals surface area contributed by atoms with E-state index in [4.69, 9.17) is 0 Å². The minimum atomic E-state index is -0.0605. The van der Waals surface area contributed by atoms with Crippen molar-refractivity contribution in [2.24, 2.45) is 0 Å². The molecule has 4 nitrogen and oxygen atoms in total. The summed E-state index contributed by atoms with van der Waals surface area (Å²) in [5, 5.41) is 4.90. The van der Waals surface area contributed by atoms with Crippen LogP contribution in [0.1, 0.15) is 21.5 Å². The Kier molecular flexibility index (Phi) is 2.70. The highest BCUT2D eigenvalue weighted by Crippen LogP contribution is 2.16. The van der Waals surface area contributed by atoms with E-state index < -0.39 is 0 Å². The number of hydrogen-bond donors (Lipinski definition) is 2. The van der Waals surface area contributed by atoms with Gasteiger partial charge in [0.1, 0.15) is 0 Å². The average Bonchev–Trinajstić information content (AvgIpc) is 2.62. The lowest BCUT2D eigenvalue weighted by Gasteiger charge is -2.12. The second-order valence-corrected chi connectivity index (χ2v) is 3.92. The maximum absolute atomic E-state index is 11.7. The van der Waals surface area contributed by atoms with E-state index in [0.29, 0.717) is 5.56 Å². The van der Waals surface area contributed by atoms with E-state index in [9.17, 15) is 4.79 Å². The van der Waals surface area contributed by atoms with Gasteiger partial charge in [0.15, 0.2) is 0 Å². The smallest absolute Gasteiger partial charge is 0.265 e. The predicted octanol–water partition coefficient (Wildman–Crippen LogP) is 0.496. The topological polar surface area (TPSA) is 44.4 Å². The zero-order chi connectivity index (χ0) is 10.8. The molecule has 1 aliphatic rings. The fourth-order valence-corrected chi connectivity index (χ4v) is 1.70. The van der Waals surface area contributed by atoms with Gasteiger partial charge < -0.3 is 5.32 Å². The number of fused-ring (bicyclic) bond motifs is 1. The summed E-state index contributed by atoms with van der Waals surface area (Å²) in [5.41, 5.74) is 5.95. The van der Waals surface area contributed by atoms with Gasteiger partial charge in [-0.2, -0.15) is 0 Å². The molecule has 1 heterocycles. The first kappa shape index (κ1) is 10.1. The SMILES string of the molecule is CN(C)NC(=O)c1ccc2c(c1)CNC2. The summed E-state index contributed by atoms with van der Waals surface area (Å²) in [5.74, 6) is -0.0605. The third kappa shape index (κ3) is 2.16. The molecule has 0 atom stereocenters. The second-order valence-electron chi connectivity index (χ2n) is 3.92. The van der Waals surface area contributed by atoms with Gasteiger partial charge in [0.2, 0.25) is 0 Å². The van der Waals surface area contributed by atoms with Crippen molar-refractivity contribution in [2.45, 2.75) is 13.1 Å². The first-order valence-electron chi connectivity index (χ1n) is 4.97. The standard InChI is InChI=1S/C11H15N3O/c1-14(2)13-11(15)8-3-4-9-6-12-7-10(9)5-8/h3-5,12H,6-7H2,1-2H3,(H,13,15).